The number of likely N-dealkylation sites (tertiary alicyclic amines) is 1. The first kappa shape index (κ1) is 15.5. The Morgan fingerprint density at radius 3 is 2.71 bits per heavy atom. The van der Waals surface area contributed by atoms with Crippen molar-refractivity contribution in [3.8, 4) is 0 Å². The molecule has 1 aromatic rings. The van der Waals surface area contributed by atoms with Gasteiger partial charge in [0, 0.05) is 31.6 Å². The molecular formula is C14H24N6O. The van der Waals surface area contributed by atoms with E-state index in [9.17, 15) is 4.79 Å². The number of amides is 1. The van der Waals surface area contributed by atoms with Crippen molar-refractivity contribution in [3.05, 3.63) is 11.9 Å². The second-order valence-electron chi connectivity index (χ2n) is 5.21. The molecule has 0 bridgehead atoms. The zero-order chi connectivity index (χ0) is 15.1. The van der Waals surface area contributed by atoms with Crippen molar-refractivity contribution in [3.63, 3.8) is 0 Å². The highest BCUT2D eigenvalue weighted by molar-refractivity contribution is 5.77. The number of anilines is 2. The van der Waals surface area contributed by atoms with Gasteiger partial charge in [-0.3, -0.25) is 4.79 Å². The topological polar surface area (TPSA) is 96.2 Å². The summed E-state index contributed by atoms with van der Waals surface area (Å²) >= 11 is 0. The lowest BCUT2D eigenvalue weighted by Gasteiger charge is -2.16. The lowest BCUT2D eigenvalue weighted by atomic mass is 10.1. The molecule has 0 aromatic carbocycles. The van der Waals surface area contributed by atoms with Gasteiger partial charge in [-0.2, -0.15) is 0 Å². The second kappa shape index (κ2) is 7.78. The molecule has 0 radical (unpaired) electrons. The normalized spacial score (nSPS) is 14.3. The molecule has 1 aromatic heterocycles. The fraction of sp³-hybridized carbons (Fsp3) is 0.643. The predicted molar refractivity (Wildman–Crippen MR) is 82.8 cm³/mol. The molecule has 7 nitrogen and oxygen atoms in total. The number of hydrazine groups is 1. The van der Waals surface area contributed by atoms with Crippen LogP contribution in [0.15, 0.2) is 6.33 Å². The Bertz CT molecular complexity index is 473. The number of aromatic nitrogens is 2. The number of rotatable bonds is 7. The number of nitrogens with one attached hydrogen (secondary N) is 2. The smallest absolute Gasteiger partial charge is 0.224 e. The quantitative estimate of drug-likeness (QED) is 0.515. The highest BCUT2D eigenvalue weighted by Gasteiger charge is 2.17. The number of hydrogen-bond acceptors (Lipinski definition) is 6. The van der Waals surface area contributed by atoms with E-state index < -0.39 is 0 Å². The molecule has 1 aliphatic heterocycles. The van der Waals surface area contributed by atoms with Crippen LogP contribution in [0.25, 0.3) is 0 Å². The van der Waals surface area contributed by atoms with Crippen LogP contribution in [-0.4, -0.2) is 40.4 Å². The maximum atomic E-state index is 12.0. The second-order valence-corrected chi connectivity index (χ2v) is 5.21. The molecule has 1 aliphatic rings. The predicted octanol–water partition coefficient (Wildman–Crippen LogP) is 1.14. The van der Waals surface area contributed by atoms with Crippen LogP contribution in [0, 0.1) is 0 Å². The first-order valence-corrected chi connectivity index (χ1v) is 7.58. The lowest BCUT2D eigenvalue weighted by molar-refractivity contribution is -0.129. The number of nitrogens with two attached hydrogens (primary N) is 1. The molecule has 116 valence electrons. The van der Waals surface area contributed by atoms with E-state index in [1.54, 1.807) is 0 Å². The molecule has 21 heavy (non-hydrogen) atoms. The van der Waals surface area contributed by atoms with Crippen LogP contribution in [0.3, 0.4) is 0 Å². The summed E-state index contributed by atoms with van der Waals surface area (Å²) in [7, 11) is 0. The third-order valence-corrected chi connectivity index (χ3v) is 3.67. The Kier molecular flexibility index (Phi) is 5.74. The molecule has 1 amide bonds. The van der Waals surface area contributed by atoms with Gasteiger partial charge in [-0.25, -0.2) is 15.8 Å². The summed E-state index contributed by atoms with van der Waals surface area (Å²) < 4.78 is 0. The lowest BCUT2D eigenvalue weighted by Crippen LogP contribution is -2.29. The Labute approximate surface area is 125 Å². The molecule has 0 atom stereocenters. The minimum absolute atomic E-state index is 0.211. The van der Waals surface area contributed by atoms with E-state index in [2.05, 4.69) is 27.6 Å². The summed E-state index contributed by atoms with van der Waals surface area (Å²) in [5, 5.41) is 3.23. The summed E-state index contributed by atoms with van der Waals surface area (Å²) in [5.74, 6) is 7.09. The zero-order valence-corrected chi connectivity index (χ0v) is 12.6. The SMILES string of the molecule is CCCc1c(NN)ncnc1NCCC(=O)N1CCCC1. The van der Waals surface area contributed by atoms with Gasteiger partial charge in [0.15, 0.2) is 0 Å². The van der Waals surface area contributed by atoms with E-state index in [0.29, 0.717) is 18.8 Å². The highest BCUT2D eigenvalue weighted by atomic mass is 16.2. The average molecular weight is 292 g/mol. The van der Waals surface area contributed by atoms with Gasteiger partial charge in [0.25, 0.3) is 0 Å². The maximum Gasteiger partial charge on any atom is 0.224 e. The molecule has 0 unspecified atom stereocenters. The minimum atomic E-state index is 0.211. The van der Waals surface area contributed by atoms with Crippen LogP contribution in [0.4, 0.5) is 11.6 Å². The van der Waals surface area contributed by atoms with Crippen LogP contribution in [0.2, 0.25) is 0 Å². The first-order valence-electron chi connectivity index (χ1n) is 7.58. The van der Waals surface area contributed by atoms with Gasteiger partial charge in [0.05, 0.1) is 0 Å². The van der Waals surface area contributed by atoms with Crippen LogP contribution < -0.4 is 16.6 Å². The molecule has 0 saturated carbocycles. The highest BCUT2D eigenvalue weighted by Crippen LogP contribution is 2.20. The van der Waals surface area contributed by atoms with E-state index in [-0.39, 0.29) is 5.91 Å². The number of nitrogens with zero attached hydrogens (tertiary/aromatic N) is 3. The van der Waals surface area contributed by atoms with Gasteiger partial charge < -0.3 is 15.6 Å². The Morgan fingerprint density at radius 1 is 1.33 bits per heavy atom. The number of carbonyl (C=O) groups is 1. The largest absolute Gasteiger partial charge is 0.369 e. The summed E-state index contributed by atoms with van der Waals surface area (Å²) in [5.41, 5.74) is 3.57. The minimum Gasteiger partial charge on any atom is -0.369 e. The van der Waals surface area contributed by atoms with Gasteiger partial charge in [0.2, 0.25) is 5.91 Å². The molecule has 2 rings (SSSR count). The molecule has 4 N–H and O–H groups in total. The third-order valence-electron chi connectivity index (χ3n) is 3.67. The van der Waals surface area contributed by atoms with Crippen molar-refractivity contribution < 1.29 is 4.79 Å². The third kappa shape index (κ3) is 4.04. The molecule has 1 saturated heterocycles. The van der Waals surface area contributed by atoms with E-state index in [1.165, 1.54) is 6.33 Å². The molecule has 2 heterocycles. The van der Waals surface area contributed by atoms with Crippen molar-refractivity contribution >= 4 is 17.5 Å². The Morgan fingerprint density at radius 2 is 2.05 bits per heavy atom. The molecule has 0 spiro atoms. The number of nitrogen functional groups attached to an aromatic ring is 1. The first-order chi connectivity index (χ1) is 10.3. The van der Waals surface area contributed by atoms with Gasteiger partial charge in [-0.1, -0.05) is 13.3 Å². The van der Waals surface area contributed by atoms with Crippen LogP contribution in [0.5, 0.6) is 0 Å². The molecule has 0 aliphatic carbocycles. The van der Waals surface area contributed by atoms with Crippen LogP contribution in [0.1, 0.15) is 38.2 Å². The van der Waals surface area contributed by atoms with Gasteiger partial charge in [0.1, 0.15) is 18.0 Å². The van der Waals surface area contributed by atoms with Crippen molar-refractivity contribution in [1.82, 2.24) is 14.9 Å². The summed E-state index contributed by atoms with van der Waals surface area (Å²) in [6.07, 6.45) is 6.01. The van der Waals surface area contributed by atoms with Crippen molar-refractivity contribution in [2.24, 2.45) is 5.84 Å². The molecule has 1 fully saturated rings. The Balaban J connectivity index is 1.91. The maximum absolute atomic E-state index is 12.0. The van der Waals surface area contributed by atoms with Gasteiger partial charge >= 0.3 is 0 Å². The Hall–Kier alpha value is -1.89. The van der Waals surface area contributed by atoms with Crippen LogP contribution in [-0.2, 0) is 11.2 Å². The van der Waals surface area contributed by atoms with E-state index in [4.69, 9.17) is 5.84 Å². The fourth-order valence-corrected chi connectivity index (χ4v) is 2.59. The van der Waals surface area contributed by atoms with Crippen molar-refractivity contribution in [1.29, 1.82) is 0 Å². The number of carbonyl (C=O) groups excluding carboxylic acids is 1. The van der Waals surface area contributed by atoms with Gasteiger partial charge in [-0.15, -0.1) is 0 Å². The van der Waals surface area contributed by atoms with E-state index >= 15 is 0 Å². The fourth-order valence-electron chi connectivity index (χ4n) is 2.59. The standard InChI is InChI=1S/C14H24N6O/c1-2-5-11-13(17-10-18-14(11)19-15)16-7-6-12(21)20-8-3-4-9-20/h10H,2-9,15H2,1H3,(H2,16,17,18,19). The summed E-state index contributed by atoms with van der Waals surface area (Å²) in [6.45, 7) is 4.46. The average Bonchev–Trinajstić information content (AvgIpc) is 3.03. The monoisotopic (exact) mass is 292 g/mol. The van der Waals surface area contributed by atoms with Crippen molar-refractivity contribution in [2.75, 3.05) is 30.4 Å². The van der Waals surface area contributed by atoms with Crippen LogP contribution >= 0.6 is 0 Å². The number of hydrogen-bond donors (Lipinski definition) is 3. The van der Waals surface area contributed by atoms with Crippen molar-refractivity contribution in [2.45, 2.75) is 39.0 Å². The summed E-state index contributed by atoms with van der Waals surface area (Å²) in [4.78, 5) is 22.3. The molecule has 7 heteroatoms. The summed E-state index contributed by atoms with van der Waals surface area (Å²) in [6, 6.07) is 0. The van der Waals surface area contributed by atoms with Gasteiger partial charge in [-0.05, 0) is 19.3 Å². The molecular weight excluding hydrogens is 268 g/mol. The van der Waals surface area contributed by atoms with E-state index in [1.807, 2.05) is 4.90 Å². The zero-order valence-electron chi connectivity index (χ0n) is 12.6. The van der Waals surface area contributed by atoms with E-state index in [0.717, 1.165) is 50.2 Å².